The Hall–Kier alpha value is -2.43. The molecule has 3 nitrogen and oxygen atoms in total. The lowest BCUT2D eigenvalue weighted by atomic mass is 9.89. The fraction of sp³-hybridized carbons (Fsp3) is 0.280. The first kappa shape index (κ1) is 19.9. The number of benzene rings is 3. The molecule has 150 valence electrons. The Balaban J connectivity index is 1.65. The molecule has 0 saturated heterocycles. The van der Waals surface area contributed by atoms with Crippen molar-refractivity contribution in [3.05, 3.63) is 77.4 Å². The molecule has 29 heavy (non-hydrogen) atoms. The van der Waals surface area contributed by atoms with Gasteiger partial charge in [-0.1, -0.05) is 42.5 Å². The van der Waals surface area contributed by atoms with Crippen LogP contribution in [0.15, 0.2) is 65.6 Å². The normalized spacial score (nSPS) is 13.9. The van der Waals surface area contributed by atoms with Crippen molar-refractivity contribution in [2.75, 3.05) is 26.5 Å². The van der Waals surface area contributed by atoms with E-state index >= 15 is 0 Å². The Morgan fingerprint density at radius 3 is 2.52 bits per heavy atom. The molecule has 1 N–H and O–H groups in total. The molecule has 4 heteroatoms. The van der Waals surface area contributed by atoms with Gasteiger partial charge in [0.1, 0.15) is 0 Å². The Labute approximate surface area is 177 Å². The molecule has 0 fully saturated rings. The Kier molecular flexibility index (Phi) is 6.12. The highest BCUT2D eigenvalue weighted by atomic mass is 32.2. The van der Waals surface area contributed by atoms with Crippen molar-refractivity contribution in [2.45, 2.75) is 24.3 Å². The van der Waals surface area contributed by atoms with Gasteiger partial charge in [0, 0.05) is 30.1 Å². The number of hydrogen-bond acceptors (Lipinski definition) is 4. The third-order valence-electron chi connectivity index (χ3n) is 5.70. The molecule has 1 aliphatic rings. The highest BCUT2D eigenvalue weighted by molar-refractivity contribution is 7.98. The van der Waals surface area contributed by atoms with E-state index in [9.17, 15) is 5.11 Å². The van der Waals surface area contributed by atoms with Crippen LogP contribution in [0.25, 0.3) is 11.1 Å². The summed E-state index contributed by atoms with van der Waals surface area (Å²) in [7, 11) is 1.62. The van der Waals surface area contributed by atoms with Gasteiger partial charge in [-0.25, -0.2) is 0 Å². The number of fused-ring (bicyclic) bond motifs is 1. The van der Waals surface area contributed by atoms with Gasteiger partial charge in [0.05, 0.1) is 7.11 Å². The first-order chi connectivity index (χ1) is 14.2. The first-order valence-electron chi connectivity index (χ1n) is 10.0. The molecule has 0 unspecified atom stereocenters. The smallest absolute Gasteiger partial charge is 0.166 e. The molecule has 0 spiro atoms. The molecular formula is C25H27NO2S. The maximum absolute atomic E-state index is 11.0. The maximum Gasteiger partial charge on any atom is 0.166 e. The summed E-state index contributed by atoms with van der Waals surface area (Å²) in [6.45, 7) is 2.89. The Morgan fingerprint density at radius 2 is 1.83 bits per heavy atom. The summed E-state index contributed by atoms with van der Waals surface area (Å²) < 4.78 is 5.48. The largest absolute Gasteiger partial charge is 0.504 e. The van der Waals surface area contributed by atoms with Crippen LogP contribution in [0, 0.1) is 0 Å². The number of nitrogens with zero attached hydrogens (tertiary/aromatic N) is 1. The van der Waals surface area contributed by atoms with Crippen molar-refractivity contribution in [1.82, 2.24) is 4.90 Å². The molecule has 1 aliphatic heterocycles. The monoisotopic (exact) mass is 405 g/mol. The summed E-state index contributed by atoms with van der Waals surface area (Å²) in [5.74, 6) is 0.804. The van der Waals surface area contributed by atoms with Crippen molar-refractivity contribution in [1.29, 1.82) is 0 Å². The molecular weight excluding hydrogens is 378 g/mol. The Bertz CT molecular complexity index is 970. The van der Waals surface area contributed by atoms with Crippen LogP contribution in [0.4, 0.5) is 0 Å². The number of hydrogen-bond donors (Lipinski definition) is 1. The van der Waals surface area contributed by atoms with Crippen LogP contribution in [0.2, 0.25) is 0 Å². The van der Waals surface area contributed by atoms with Crippen LogP contribution in [0.1, 0.15) is 16.7 Å². The van der Waals surface area contributed by atoms with E-state index in [4.69, 9.17) is 4.74 Å². The van der Waals surface area contributed by atoms with E-state index in [2.05, 4.69) is 65.8 Å². The lowest BCUT2D eigenvalue weighted by Crippen LogP contribution is -2.32. The van der Waals surface area contributed by atoms with E-state index in [0.29, 0.717) is 5.75 Å². The lowest BCUT2D eigenvalue weighted by Gasteiger charge is -2.31. The minimum Gasteiger partial charge on any atom is -0.504 e. The van der Waals surface area contributed by atoms with Crippen molar-refractivity contribution in [3.8, 4) is 22.6 Å². The highest BCUT2D eigenvalue weighted by Crippen LogP contribution is 2.44. The molecule has 1 heterocycles. The second-order valence-electron chi connectivity index (χ2n) is 7.43. The number of ether oxygens (including phenoxy) is 1. The minimum atomic E-state index is 0.244. The van der Waals surface area contributed by atoms with Gasteiger partial charge < -0.3 is 9.84 Å². The molecule has 0 amide bonds. The zero-order chi connectivity index (χ0) is 20.2. The van der Waals surface area contributed by atoms with Gasteiger partial charge in [-0.2, -0.15) is 0 Å². The quantitative estimate of drug-likeness (QED) is 0.557. The fourth-order valence-corrected chi connectivity index (χ4v) is 4.48. The predicted molar refractivity (Wildman–Crippen MR) is 121 cm³/mol. The highest BCUT2D eigenvalue weighted by Gasteiger charge is 2.25. The van der Waals surface area contributed by atoms with Crippen molar-refractivity contribution < 1.29 is 9.84 Å². The fourth-order valence-electron chi connectivity index (χ4n) is 4.07. The Morgan fingerprint density at radius 1 is 1.07 bits per heavy atom. The van der Waals surface area contributed by atoms with Crippen LogP contribution < -0.4 is 4.74 Å². The predicted octanol–water partition coefficient (Wildman–Crippen LogP) is 5.39. The van der Waals surface area contributed by atoms with Gasteiger partial charge in [-0.15, -0.1) is 11.8 Å². The molecule has 0 bridgehead atoms. The summed E-state index contributed by atoms with van der Waals surface area (Å²) in [4.78, 5) is 3.70. The topological polar surface area (TPSA) is 32.7 Å². The van der Waals surface area contributed by atoms with Gasteiger partial charge >= 0.3 is 0 Å². The lowest BCUT2D eigenvalue weighted by molar-refractivity contribution is 0.256. The standard InChI is InChI=1S/C25H27NO2S/c1-28-23-16-20-13-15-26(14-12-18-6-4-3-5-7-18)17-22(20)24(25(23)27)19-8-10-21(29-2)11-9-19/h3-11,16,27H,12-15,17H2,1-2H3. The third-order valence-corrected chi connectivity index (χ3v) is 6.45. The average Bonchev–Trinajstić information content (AvgIpc) is 2.78. The zero-order valence-electron chi connectivity index (χ0n) is 17.0. The van der Waals surface area contributed by atoms with Gasteiger partial charge in [-0.05, 0) is 59.6 Å². The van der Waals surface area contributed by atoms with Crippen LogP contribution in [-0.4, -0.2) is 36.5 Å². The first-order valence-corrected chi connectivity index (χ1v) is 11.2. The van der Waals surface area contributed by atoms with Gasteiger partial charge in [0.25, 0.3) is 0 Å². The summed E-state index contributed by atoms with van der Waals surface area (Å²) in [6, 6.07) is 21.1. The van der Waals surface area contributed by atoms with E-state index in [1.165, 1.54) is 21.6 Å². The second-order valence-corrected chi connectivity index (χ2v) is 8.31. The number of thioether (sulfide) groups is 1. The van der Waals surface area contributed by atoms with Crippen LogP contribution in [-0.2, 0) is 19.4 Å². The van der Waals surface area contributed by atoms with Crippen molar-refractivity contribution in [2.24, 2.45) is 0 Å². The van der Waals surface area contributed by atoms with E-state index in [-0.39, 0.29) is 5.75 Å². The summed E-state index contributed by atoms with van der Waals surface area (Å²) in [6.07, 6.45) is 4.08. The van der Waals surface area contributed by atoms with E-state index in [1.807, 2.05) is 6.07 Å². The minimum absolute atomic E-state index is 0.244. The maximum atomic E-state index is 11.0. The molecule has 0 radical (unpaired) electrons. The van der Waals surface area contributed by atoms with E-state index < -0.39 is 0 Å². The summed E-state index contributed by atoms with van der Waals surface area (Å²) >= 11 is 1.72. The average molecular weight is 406 g/mol. The molecule has 0 saturated carbocycles. The van der Waals surface area contributed by atoms with E-state index in [0.717, 1.165) is 43.6 Å². The van der Waals surface area contributed by atoms with Crippen LogP contribution in [0.5, 0.6) is 11.5 Å². The molecule has 4 rings (SSSR count). The zero-order valence-corrected chi connectivity index (χ0v) is 17.8. The number of aromatic hydroxyl groups is 1. The van der Waals surface area contributed by atoms with Crippen molar-refractivity contribution in [3.63, 3.8) is 0 Å². The molecule has 0 aromatic heterocycles. The van der Waals surface area contributed by atoms with Crippen LogP contribution in [0.3, 0.4) is 0 Å². The summed E-state index contributed by atoms with van der Waals surface area (Å²) in [5, 5.41) is 11.0. The van der Waals surface area contributed by atoms with Gasteiger partial charge in [0.2, 0.25) is 0 Å². The molecule has 0 atom stereocenters. The number of phenolic OH excluding ortho intramolecular Hbond substituents is 1. The second kappa shape index (κ2) is 8.93. The van der Waals surface area contributed by atoms with Crippen LogP contribution >= 0.6 is 11.8 Å². The number of phenols is 1. The van der Waals surface area contributed by atoms with E-state index in [1.54, 1.807) is 18.9 Å². The molecule has 0 aliphatic carbocycles. The van der Waals surface area contributed by atoms with Crippen molar-refractivity contribution >= 4 is 11.8 Å². The summed E-state index contributed by atoms with van der Waals surface area (Å²) in [5.41, 5.74) is 5.82. The third kappa shape index (κ3) is 4.29. The SMILES string of the molecule is COc1cc2c(c(-c3ccc(SC)cc3)c1O)CN(CCc1ccccc1)CC2. The van der Waals surface area contributed by atoms with Gasteiger partial charge in [-0.3, -0.25) is 4.90 Å². The molecule has 3 aromatic carbocycles. The van der Waals surface area contributed by atoms with Gasteiger partial charge in [0.15, 0.2) is 11.5 Å². The number of methoxy groups -OCH3 is 1. The molecule has 3 aromatic rings. The number of rotatable bonds is 6.